The molecule has 1 aromatic rings. The van der Waals surface area contributed by atoms with Crippen LogP contribution >= 0.6 is 0 Å². The summed E-state index contributed by atoms with van der Waals surface area (Å²) in [6.07, 6.45) is 0.681. The predicted octanol–water partition coefficient (Wildman–Crippen LogP) is 0.622. The molecule has 0 fully saturated rings. The first-order chi connectivity index (χ1) is 6.31. The quantitative estimate of drug-likeness (QED) is 0.702. The third-order valence-electron chi connectivity index (χ3n) is 1.95. The van der Waals surface area contributed by atoms with E-state index in [1.54, 1.807) is 12.1 Å². The van der Waals surface area contributed by atoms with Gasteiger partial charge in [0.1, 0.15) is 5.75 Å². The average molecular weight is 181 g/mol. The van der Waals surface area contributed by atoms with Crippen molar-refractivity contribution < 1.29 is 14.6 Å². The molecule has 0 unspecified atom stereocenters. The van der Waals surface area contributed by atoms with E-state index in [-0.39, 0.29) is 12.5 Å². The molecule has 1 heterocycles. The largest absolute Gasteiger partial charge is 0.508 e. The zero-order valence-corrected chi connectivity index (χ0v) is 7.12. The molecule has 0 spiro atoms. The minimum atomic E-state index is 0.188. The first kappa shape index (κ1) is 8.19. The summed E-state index contributed by atoms with van der Waals surface area (Å²) in [5.41, 5.74) is 6.32. The number of nitrogens with two attached hydrogens (primary N) is 1. The number of benzene rings is 1. The normalized spacial score (nSPS) is 13.3. The van der Waals surface area contributed by atoms with Crippen LogP contribution in [0.3, 0.4) is 0 Å². The molecule has 1 aliphatic rings. The van der Waals surface area contributed by atoms with Gasteiger partial charge in [0.2, 0.25) is 6.79 Å². The molecule has 4 heteroatoms. The molecule has 1 aromatic carbocycles. The van der Waals surface area contributed by atoms with Gasteiger partial charge >= 0.3 is 0 Å². The summed E-state index contributed by atoms with van der Waals surface area (Å²) in [4.78, 5) is 0. The fourth-order valence-electron chi connectivity index (χ4n) is 1.41. The number of ether oxygens (including phenoxy) is 2. The van der Waals surface area contributed by atoms with Crippen molar-refractivity contribution in [2.75, 3.05) is 13.3 Å². The smallest absolute Gasteiger partial charge is 0.231 e. The number of phenols is 1. The predicted molar refractivity (Wildman–Crippen MR) is 47.0 cm³/mol. The fraction of sp³-hybridized carbons (Fsp3) is 0.333. The first-order valence-corrected chi connectivity index (χ1v) is 4.13. The number of rotatable bonds is 2. The summed E-state index contributed by atoms with van der Waals surface area (Å²) in [6, 6.07) is 3.20. The summed E-state index contributed by atoms with van der Waals surface area (Å²) in [7, 11) is 0. The van der Waals surface area contributed by atoms with Crippen LogP contribution in [0.5, 0.6) is 17.2 Å². The van der Waals surface area contributed by atoms with E-state index in [2.05, 4.69) is 0 Å². The molecular weight excluding hydrogens is 170 g/mol. The van der Waals surface area contributed by atoms with E-state index in [4.69, 9.17) is 15.2 Å². The molecule has 0 radical (unpaired) electrons. The lowest BCUT2D eigenvalue weighted by molar-refractivity contribution is 0.173. The van der Waals surface area contributed by atoms with Crippen LogP contribution in [0, 0.1) is 0 Å². The molecule has 13 heavy (non-hydrogen) atoms. The number of fused-ring (bicyclic) bond motifs is 1. The molecule has 2 rings (SSSR count). The molecular formula is C9H11NO3. The Kier molecular flexibility index (Phi) is 1.98. The van der Waals surface area contributed by atoms with Gasteiger partial charge in [0.05, 0.1) is 0 Å². The number of phenolic OH excluding ortho intramolecular Hbond substituents is 1. The maximum Gasteiger partial charge on any atom is 0.231 e. The van der Waals surface area contributed by atoms with Crippen molar-refractivity contribution in [3.8, 4) is 17.2 Å². The van der Waals surface area contributed by atoms with Gasteiger partial charge in [0.25, 0.3) is 0 Å². The Morgan fingerprint density at radius 2 is 2.23 bits per heavy atom. The van der Waals surface area contributed by atoms with Crippen LogP contribution < -0.4 is 15.2 Å². The van der Waals surface area contributed by atoms with Crippen molar-refractivity contribution in [2.24, 2.45) is 5.73 Å². The van der Waals surface area contributed by atoms with Crippen molar-refractivity contribution in [3.63, 3.8) is 0 Å². The highest BCUT2D eigenvalue weighted by Crippen LogP contribution is 2.38. The van der Waals surface area contributed by atoms with Gasteiger partial charge in [0.15, 0.2) is 11.5 Å². The highest BCUT2D eigenvalue weighted by molar-refractivity contribution is 5.52. The van der Waals surface area contributed by atoms with Gasteiger partial charge < -0.3 is 20.3 Å². The minimum absolute atomic E-state index is 0.188. The first-order valence-electron chi connectivity index (χ1n) is 4.13. The lowest BCUT2D eigenvalue weighted by Crippen LogP contribution is -2.03. The van der Waals surface area contributed by atoms with Crippen molar-refractivity contribution in [1.29, 1.82) is 0 Å². The Labute approximate surface area is 75.9 Å². The summed E-state index contributed by atoms with van der Waals surface area (Å²) in [5, 5.41) is 9.33. The third-order valence-corrected chi connectivity index (χ3v) is 1.95. The monoisotopic (exact) mass is 181 g/mol. The van der Waals surface area contributed by atoms with Gasteiger partial charge in [-0.25, -0.2) is 0 Å². The van der Waals surface area contributed by atoms with Crippen LogP contribution in [0.25, 0.3) is 0 Å². The zero-order chi connectivity index (χ0) is 9.26. The number of aromatic hydroxyl groups is 1. The summed E-state index contributed by atoms with van der Waals surface area (Å²) in [5.74, 6) is 1.50. The Balaban J connectivity index is 2.43. The molecule has 70 valence electrons. The van der Waals surface area contributed by atoms with Gasteiger partial charge in [-0.1, -0.05) is 0 Å². The van der Waals surface area contributed by atoms with E-state index in [9.17, 15) is 5.11 Å². The summed E-state index contributed by atoms with van der Waals surface area (Å²) >= 11 is 0. The van der Waals surface area contributed by atoms with Crippen molar-refractivity contribution in [1.82, 2.24) is 0 Å². The highest BCUT2D eigenvalue weighted by Gasteiger charge is 2.18. The van der Waals surface area contributed by atoms with Crippen LogP contribution in [-0.2, 0) is 6.42 Å². The van der Waals surface area contributed by atoms with Crippen LogP contribution in [0.2, 0.25) is 0 Å². The van der Waals surface area contributed by atoms with Gasteiger partial charge in [-0.05, 0) is 19.0 Å². The average Bonchev–Trinajstić information content (AvgIpc) is 2.52. The van der Waals surface area contributed by atoms with Crippen molar-refractivity contribution in [2.45, 2.75) is 6.42 Å². The molecule has 3 N–H and O–H groups in total. The molecule has 1 aliphatic heterocycles. The topological polar surface area (TPSA) is 64.7 Å². The van der Waals surface area contributed by atoms with Crippen molar-refractivity contribution >= 4 is 0 Å². The van der Waals surface area contributed by atoms with Crippen LogP contribution in [0.1, 0.15) is 5.56 Å². The number of hydrogen-bond acceptors (Lipinski definition) is 4. The van der Waals surface area contributed by atoms with E-state index in [1.165, 1.54) is 0 Å². The fourth-order valence-corrected chi connectivity index (χ4v) is 1.41. The van der Waals surface area contributed by atoms with Crippen molar-refractivity contribution in [3.05, 3.63) is 17.7 Å². The van der Waals surface area contributed by atoms with Gasteiger partial charge in [-0.15, -0.1) is 0 Å². The summed E-state index contributed by atoms with van der Waals surface area (Å²) in [6.45, 7) is 0.746. The van der Waals surface area contributed by atoms with E-state index in [0.717, 1.165) is 5.56 Å². The molecule has 0 aromatic heterocycles. The Morgan fingerprint density at radius 3 is 3.00 bits per heavy atom. The molecule has 0 atom stereocenters. The second-order valence-electron chi connectivity index (χ2n) is 2.88. The summed E-state index contributed by atoms with van der Waals surface area (Å²) < 4.78 is 10.4. The molecule has 0 bridgehead atoms. The third kappa shape index (κ3) is 1.40. The second kappa shape index (κ2) is 3.14. The van der Waals surface area contributed by atoms with Crippen LogP contribution in [0.4, 0.5) is 0 Å². The van der Waals surface area contributed by atoms with E-state index < -0.39 is 0 Å². The molecule has 0 aliphatic carbocycles. The zero-order valence-electron chi connectivity index (χ0n) is 7.12. The second-order valence-corrected chi connectivity index (χ2v) is 2.88. The lowest BCUT2D eigenvalue weighted by Gasteiger charge is -2.04. The molecule has 0 saturated heterocycles. The Hall–Kier alpha value is -1.42. The van der Waals surface area contributed by atoms with E-state index in [1.807, 2.05) is 0 Å². The lowest BCUT2D eigenvalue weighted by atomic mass is 10.1. The minimum Gasteiger partial charge on any atom is -0.508 e. The molecule has 0 saturated carbocycles. The van der Waals surface area contributed by atoms with Gasteiger partial charge in [0, 0.05) is 11.6 Å². The van der Waals surface area contributed by atoms with E-state index >= 15 is 0 Å². The SMILES string of the molecule is NCCc1cc(O)cc2c1OCO2. The maximum absolute atomic E-state index is 9.33. The standard InChI is InChI=1S/C9H11NO3/c10-2-1-6-3-7(11)4-8-9(6)13-5-12-8/h3-4,11H,1-2,5,10H2. The number of hydrogen-bond donors (Lipinski definition) is 2. The Morgan fingerprint density at radius 1 is 1.38 bits per heavy atom. The Bertz CT molecular complexity index is 325. The van der Waals surface area contributed by atoms with Gasteiger partial charge in [-0.3, -0.25) is 0 Å². The maximum atomic E-state index is 9.33. The molecule has 4 nitrogen and oxygen atoms in total. The van der Waals surface area contributed by atoms with E-state index in [0.29, 0.717) is 24.5 Å². The van der Waals surface area contributed by atoms with Crippen LogP contribution in [0.15, 0.2) is 12.1 Å². The highest BCUT2D eigenvalue weighted by atomic mass is 16.7. The molecule has 0 amide bonds. The van der Waals surface area contributed by atoms with Gasteiger partial charge in [-0.2, -0.15) is 0 Å². The van der Waals surface area contributed by atoms with Crippen LogP contribution in [-0.4, -0.2) is 18.4 Å².